The second kappa shape index (κ2) is 3.00. The van der Waals surface area contributed by atoms with Crippen LogP contribution >= 0.6 is 0 Å². The van der Waals surface area contributed by atoms with Crippen LogP contribution in [0.5, 0.6) is 0 Å². The van der Waals surface area contributed by atoms with Crippen molar-refractivity contribution in [3.63, 3.8) is 0 Å². The molecule has 0 aromatic carbocycles. The molecule has 12 heavy (non-hydrogen) atoms. The Balaban J connectivity index is 2.23. The Labute approximate surface area is 76.2 Å². The molecule has 2 aliphatic carbocycles. The molecule has 0 aromatic rings. The first kappa shape index (κ1) is 8.51. The molecule has 2 bridgehead atoms. The van der Waals surface area contributed by atoms with Crippen LogP contribution in [-0.4, -0.2) is 13.8 Å². The first-order chi connectivity index (χ1) is 5.74. The number of hydrogen-bond donors (Lipinski definition) is 1. The van der Waals surface area contributed by atoms with Gasteiger partial charge in [-0.2, -0.15) is 0 Å². The molecule has 4 atom stereocenters. The average molecular weight is 182 g/mol. The molecule has 2 rings (SSSR count). The molecular formula is C10H18OSi. The van der Waals surface area contributed by atoms with E-state index in [1.807, 2.05) is 0 Å². The summed E-state index contributed by atoms with van der Waals surface area (Å²) >= 11 is 0. The summed E-state index contributed by atoms with van der Waals surface area (Å²) in [6, 6.07) is 0. The summed E-state index contributed by atoms with van der Waals surface area (Å²) in [6.45, 7) is 4.22. The lowest BCUT2D eigenvalue weighted by Crippen LogP contribution is -2.23. The SMILES string of the molecule is CC=C1C2CCC(C2)C1[SiH](C)O. The maximum atomic E-state index is 9.77. The lowest BCUT2D eigenvalue weighted by atomic mass is 9.94. The fraction of sp³-hybridized carbons (Fsp3) is 0.800. The molecule has 2 fully saturated rings. The van der Waals surface area contributed by atoms with Crippen LogP contribution in [0.25, 0.3) is 0 Å². The zero-order valence-corrected chi connectivity index (χ0v) is 9.11. The molecule has 0 aromatic heterocycles. The Morgan fingerprint density at radius 1 is 1.50 bits per heavy atom. The first-order valence-corrected chi connectivity index (χ1v) is 7.42. The number of rotatable bonds is 1. The Hall–Kier alpha value is -0.0831. The highest BCUT2D eigenvalue weighted by molar-refractivity contribution is 6.51. The largest absolute Gasteiger partial charge is 0.434 e. The van der Waals surface area contributed by atoms with Crippen molar-refractivity contribution in [3.05, 3.63) is 11.6 Å². The molecule has 68 valence electrons. The zero-order valence-electron chi connectivity index (χ0n) is 7.96. The van der Waals surface area contributed by atoms with Crippen LogP contribution in [0.1, 0.15) is 26.2 Å². The number of hydrogen-bond acceptors (Lipinski definition) is 1. The van der Waals surface area contributed by atoms with Gasteiger partial charge in [-0.1, -0.05) is 11.6 Å². The number of fused-ring (bicyclic) bond motifs is 2. The van der Waals surface area contributed by atoms with Crippen molar-refractivity contribution >= 4 is 9.04 Å². The molecule has 2 saturated carbocycles. The molecular weight excluding hydrogens is 164 g/mol. The minimum Gasteiger partial charge on any atom is -0.434 e. The third-order valence-corrected chi connectivity index (χ3v) is 5.66. The molecule has 0 aliphatic heterocycles. The normalized spacial score (nSPS) is 45.6. The third-order valence-electron chi connectivity index (χ3n) is 3.69. The Morgan fingerprint density at radius 3 is 2.75 bits per heavy atom. The highest BCUT2D eigenvalue weighted by Gasteiger charge is 2.45. The highest BCUT2D eigenvalue weighted by atomic mass is 28.3. The van der Waals surface area contributed by atoms with Gasteiger partial charge in [0.05, 0.1) is 0 Å². The van der Waals surface area contributed by atoms with Gasteiger partial charge in [0, 0.05) is 0 Å². The van der Waals surface area contributed by atoms with Gasteiger partial charge in [-0.25, -0.2) is 0 Å². The molecule has 1 nitrogen and oxygen atoms in total. The van der Waals surface area contributed by atoms with Gasteiger partial charge in [0.15, 0.2) is 9.04 Å². The minimum atomic E-state index is -1.41. The second-order valence-corrected chi connectivity index (χ2v) is 6.52. The molecule has 2 aliphatic rings. The van der Waals surface area contributed by atoms with Crippen molar-refractivity contribution < 1.29 is 4.80 Å². The summed E-state index contributed by atoms with van der Waals surface area (Å²) in [5, 5.41) is 0. The molecule has 0 spiro atoms. The van der Waals surface area contributed by atoms with E-state index < -0.39 is 9.04 Å². The fourth-order valence-corrected chi connectivity index (χ4v) is 5.45. The van der Waals surface area contributed by atoms with E-state index in [2.05, 4.69) is 19.5 Å². The van der Waals surface area contributed by atoms with E-state index >= 15 is 0 Å². The summed E-state index contributed by atoms with van der Waals surface area (Å²) in [5.41, 5.74) is 2.24. The summed E-state index contributed by atoms with van der Waals surface area (Å²) in [7, 11) is -1.41. The van der Waals surface area contributed by atoms with Gasteiger partial charge >= 0.3 is 0 Å². The lowest BCUT2D eigenvalue weighted by Gasteiger charge is -2.26. The van der Waals surface area contributed by atoms with Gasteiger partial charge < -0.3 is 4.80 Å². The van der Waals surface area contributed by atoms with E-state index in [1.165, 1.54) is 19.3 Å². The molecule has 0 saturated heterocycles. The summed E-state index contributed by atoms with van der Waals surface area (Å²) < 4.78 is 0. The Morgan fingerprint density at radius 2 is 2.25 bits per heavy atom. The van der Waals surface area contributed by atoms with Gasteiger partial charge in [-0.15, -0.1) is 0 Å². The van der Waals surface area contributed by atoms with Crippen molar-refractivity contribution in [2.24, 2.45) is 11.8 Å². The van der Waals surface area contributed by atoms with Crippen LogP contribution in [0.15, 0.2) is 11.6 Å². The maximum absolute atomic E-state index is 9.77. The zero-order chi connectivity index (χ0) is 8.72. The van der Waals surface area contributed by atoms with Gasteiger partial charge in [-0.3, -0.25) is 0 Å². The summed E-state index contributed by atoms with van der Waals surface area (Å²) in [4.78, 5) is 9.77. The highest BCUT2D eigenvalue weighted by Crippen LogP contribution is 2.55. The molecule has 0 heterocycles. The van der Waals surface area contributed by atoms with Gasteiger partial charge in [0.2, 0.25) is 0 Å². The third kappa shape index (κ3) is 1.09. The molecule has 0 radical (unpaired) electrons. The van der Waals surface area contributed by atoms with E-state index in [0.717, 1.165) is 11.8 Å². The Bertz CT molecular complexity index is 210. The number of allylic oxidation sites excluding steroid dienone is 2. The molecule has 1 N–H and O–H groups in total. The van der Waals surface area contributed by atoms with Crippen molar-refractivity contribution in [3.8, 4) is 0 Å². The van der Waals surface area contributed by atoms with Crippen LogP contribution in [0.3, 0.4) is 0 Å². The molecule has 2 heteroatoms. The predicted octanol–water partition coefficient (Wildman–Crippen LogP) is 2.08. The second-order valence-electron chi connectivity index (χ2n) is 4.33. The quantitative estimate of drug-likeness (QED) is 0.486. The Kier molecular flexibility index (Phi) is 2.13. The van der Waals surface area contributed by atoms with Crippen LogP contribution in [-0.2, 0) is 0 Å². The molecule has 4 unspecified atom stereocenters. The summed E-state index contributed by atoms with van der Waals surface area (Å²) in [5.74, 6) is 1.71. The summed E-state index contributed by atoms with van der Waals surface area (Å²) in [6.07, 6.45) is 6.42. The van der Waals surface area contributed by atoms with Gasteiger partial charge in [0.25, 0.3) is 0 Å². The van der Waals surface area contributed by atoms with Crippen molar-refractivity contribution in [2.45, 2.75) is 38.3 Å². The van der Waals surface area contributed by atoms with E-state index in [0.29, 0.717) is 5.54 Å². The monoisotopic (exact) mass is 182 g/mol. The minimum absolute atomic E-state index is 0.633. The van der Waals surface area contributed by atoms with Gasteiger partial charge in [-0.05, 0) is 50.1 Å². The average Bonchev–Trinajstić information content (AvgIpc) is 2.60. The van der Waals surface area contributed by atoms with E-state index in [4.69, 9.17) is 0 Å². The lowest BCUT2D eigenvalue weighted by molar-refractivity contribution is 0.488. The van der Waals surface area contributed by atoms with Crippen LogP contribution in [0.4, 0.5) is 0 Å². The van der Waals surface area contributed by atoms with Crippen molar-refractivity contribution in [1.82, 2.24) is 0 Å². The van der Waals surface area contributed by atoms with Crippen molar-refractivity contribution in [1.29, 1.82) is 0 Å². The molecule has 0 amide bonds. The van der Waals surface area contributed by atoms with Crippen LogP contribution in [0.2, 0.25) is 12.1 Å². The smallest absolute Gasteiger partial charge is 0.176 e. The van der Waals surface area contributed by atoms with E-state index in [1.54, 1.807) is 5.57 Å². The maximum Gasteiger partial charge on any atom is 0.176 e. The van der Waals surface area contributed by atoms with Crippen LogP contribution in [0, 0.1) is 11.8 Å². The van der Waals surface area contributed by atoms with Crippen molar-refractivity contribution in [2.75, 3.05) is 0 Å². The van der Waals surface area contributed by atoms with Crippen LogP contribution < -0.4 is 0 Å². The van der Waals surface area contributed by atoms with Gasteiger partial charge in [0.1, 0.15) is 0 Å². The first-order valence-electron chi connectivity index (χ1n) is 5.08. The van der Waals surface area contributed by atoms with E-state index in [9.17, 15) is 4.80 Å². The fourth-order valence-electron chi connectivity index (χ4n) is 3.29. The standard InChI is InChI=1S/C10H18OSi/c1-3-9-7-4-5-8(6-7)10(9)12(2)11/h3,7-8,10-12H,4-6H2,1-2H3. The predicted molar refractivity (Wildman–Crippen MR) is 53.6 cm³/mol. The topological polar surface area (TPSA) is 20.2 Å². The van der Waals surface area contributed by atoms with E-state index in [-0.39, 0.29) is 0 Å².